The lowest BCUT2D eigenvalue weighted by Gasteiger charge is -2.39. The number of ether oxygens (including phenoxy) is 2. The monoisotopic (exact) mass is 1200 g/mol. The number of likely N-dealkylation sites (tertiary alicyclic amines) is 1. The summed E-state index contributed by atoms with van der Waals surface area (Å²) in [4.78, 5) is 47.3. The van der Waals surface area contributed by atoms with E-state index in [2.05, 4.69) is 68.1 Å². The molecule has 4 fully saturated rings. The third-order valence-electron chi connectivity index (χ3n) is 18.2. The first-order valence-corrected chi connectivity index (χ1v) is 30.7. The molecule has 6 N–H and O–H groups in total. The van der Waals surface area contributed by atoms with Gasteiger partial charge in [0.2, 0.25) is 5.91 Å². The number of phenols is 1. The molecule has 2 bridgehead atoms. The summed E-state index contributed by atoms with van der Waals surface area (Å²) in [5, 5.41) is 30.1. The number of nitrogens with zero attached hydrogens (tertiary/aromatic N) is 5. The molecular formula is C67H72Cl2F2N10O5. The van der Waals surface area contributed by atoms with E-state index in [9.17, 15) is 14.7 Å². The molecule has 5 aliphatic rings. The number of benzene rings is 5. The fourth-order valence-corrected chi connectivity index (χ4v) is 14.6. The first-order valence-electron chi connectivity index (χ1n) is 30.0. The number of hydrogen-bond donors (Lipinski definition) is 6. The van der Waals surface area contributed by atoms with Crippen molar-refractivity contribution in [1.82, 2.24) is 35.8 Å². The third-order valence-corrected chi connectivity index (χ3v) is 18.7. The number of terminal acetylenes is 1. The highest BCUT2D eigenvalue weighted by Crippen LogP contribution is 2.57. The van der Waals surface area contributed by atoms with Crippen LogP contribution < -0.4 is 41.0 Å². The van der Waals surface area contributed by atoms with Gasteiger partial charge in [0.05, 0.1) is 29.2 Å². The topological polar surface area (TPSA) is 178 Å². The Morgan fingerprint density at radius 3 is 2.52 bits per heavy atom. The van der Waals surface area contributed by atoms with Crippen LogP contribution >= 0.6 is 23.2 Å². The summed E-state index contributed by atoms with van der Waals surface area (Å²) in [6.07, 6.45) is 15.9. The van der Waals surface area contributed by atoms with Gasteiger partial charge in [-0.15, -0.1) is 6.42 Å². The van der Waals surface area contributed by atoms with Gasteiger partial charge in [-0.2, -0.15) is 9.97 Å². The summed E-state index contributed by atoms with van der Waals surface area (Å²) >= 11 is 12.9. The van der Waals surface area contributed by atoms with Gasteiger partial charge in [-0.05, 0) is 135 Å². The highest BCUT2D eigenvalue weighted by atomic mass is 35.5. The first-order chi connectivity index (χ1) is 41.5. The Morgan fingerprint density at radius 1 is 0.930 bits per heavy atom. The molecule has 2 amide bonds. The molecule has 15 nitrogen and oxygen atoms in total. The summed E-state index contributed by atoms with van der Waals surface area (Å²) < 4.78 is 45.8. The van der Waals surface area contributed by atoms with Gasteiger partial charge in [-0.1, -0.05) is 93.1 Å². The van der Waals surface area contributed by atoms with Crippen LogP contribution in [0.2, 0.25) is 10.0 Å². The van der Waals surface area contributed by atoms with E-state index in [0.717, 1.165) is 75.7 Å². The number of phenolic OH excluding ortho intramolecular Hbond substituents is 1. The van der Waals surface area contributed by atoms with E-state index in [1.807, 2.05) is 24.3 Å². The lowest BCUT2D eigenvalue weighted by atomic mass is 9.63. The quantitative estimate of drug-likeness (QED) is 0.0354. The van der Waals surface area contributed by atoms with Gasteiger partial charge in [0, 0.05) is 101 Å². The van der Waals surface area contributed by atoms with E-state index < -0.39 is 29.0 Å². The van der Waals surface area contributed by atoms with Crippen LogP contribution in [-0.4, -0.2) is 120 Å². The largest absolute Gasteiger partial charge is 0.508 e. The standard InChI is InChI=1S/C67H72Cl2F2N10O5/c1-6-38-14-11-15-39-28-45(82)31-47(55(38)39)59-58(71)60-48(33-73-59)62(81-34-42-21-22-43(35-81)75-42)79-65(78-60)86-36-44-16-13-27-80(44)26-10-8-7-9-25-72-63(83)40-19-24-51(53(29-40)85-5)76-64(84)61-56(46-17-12-18-50(69)57(46)70)67(54(77-61)32-66(2,3)4)37-74-52-30-41(68)20-23-49(52)67/h1,11-12,14-15,17-20,23-24,28-31,33,42-44,54,56,61,74-75,77,82H,7-10,13,16,21-22,25-27,32,34-37H2,2-5H3,(H,72,83)(H,76,84)/t42-,43+,44-,54?,56?,61?,67?/m0/s1. The zero-order valence-electron chi connectivity index (χ0n) is 48.8. The second kappa shape index (κ2) is 24.4. The van der Waals surface area contributed by atoms with Gasteiger partial charge in [-0.3, -0.25) is 19.5 Å². The highest BCUT2D eigenvalue weighted by Gasteiger charge is 2.62. The second-order valence-electron chi connectivity index (χ2n) is 25.0. The first kappa shape index (κ1) is 59.0. The molecule has 0 radical (unpaired) electrons. The van der Waals surface area contributed by atoms with Gasteiger partial charge in [-0.25, -0.2) is 8.78 Å². The maximum Gasteiger partial charge on any atom is 0.319 e. The number of carbonyl (C=O) groups excluding carboxylic acids is 2. The number of fused-ring (bicyclic) bond motifs is 6. The molecule has 5 aliphatic heterocycles. The molecule has 0 saturated carbocycles. The third kappa shape index (κ3) is 11.6. The minimum Gasteiger partial charge on any atom is -0.508 e. The van der Waals surface area contributed by atoms with Crippen molar-refractivity contribution >= 4 is 73.9 Å². The SMILES string of the molecule is C#Cc1cccc2cc(O)cc(-c3ncc4c(N5C[C@H]6CC[C@@H](C5)N6)nc(OC[C@@H]5CCCN5CCCCCCNC(=O)c5ccc(NC(=O)C6NC(CC(C)(C)C)C7(CNc8cc(Cl)ccc87)C6c6cccc(Cl)c6F)c(OC)c5)nc4c3F)c12. The lowest BCUT2D eigenvalue weighted by Crippen LogP contribution is -2.51. The van der Waals surface area contributed by atoms with Gasteiger partial charge in [0.1, 0.15) is 41.0 Å². The highest BCUT2D eigenvalue weighted by molar-refractivity contribution is 6.31. The van der Waals surface area contributed by atoms with Crippen LogP contribution in [0, 0.1) is 29.4 Å². The number of halogens is 4. The molecule has 448 valence electrons. The van der Waals surface area contributed by atoms with E-state index in [-0.39, 0.29) is 57.3 Å². The molecule has 12 rings (SSSR count). The summed E-state index contributed by atoms with van der Waals surface area (Å²) in [6.45, 7) is 11.0. The van der Waals surface area contributed by atoms with Crippen LogP contribution in [0.5, 0.6) is 17.5 Å². The van der Waals surface area contributed by atoms with Crippen molar-refractivity contribution in [3.8, 4) is 41.1 Å². The minimum atomic E-state index is -0.895. The average molecular weight is 1210 g/mol. The number of piperazine rings is 1. The molecule has 5 aromatic carbocycles. The summed E-state index contributed by atoms with van der Waals surface area (Å²) in [6, 6.07) is 23.8. The number of aromatic hydroxyl groups is 1. The molecule has 0 aliphatic carbocycles. The molecule has 7 aromatic rings. The normalized spacial score (nSPS) is 22.5. The Labute approximate surface area is 510 Å². The fraction of sp³-hybridized carbons (Fsp3) is 0.418. The number of aromatic nitrogens is 3. The molecule has 1 spiro atoms. The van der Waals surface area contributed by atoms with Crippen molar-refractivity contribution in [1.29, 1.82) is 0 Å². The predicted octanol–water partition coefficient (Wildman–Crippen LogP) is 11.8. The van der Waals surface area contributed by atoms with Gasteiger partial charge in [0.15, 0.2) is 5.82 Å². The Balaban J connectivity index is 0.663. The van der Waals surface area contributed by atoms with Crippen molar-refractivity contribution in [2.75, 3.05) is 68.5 Å². The molecule has 4 saturated heterocycles. The number of hydrogen-bond acceptors (Lipinski definition) is 13. The van der Waals surface area contributed by atoms with Crippen LogP contribution in [0.25, 0.3) is 32.9 Å². The molecule has 86 heavy (non-hydrogen) atoms. The zero-order chi connectivity index (χ0) is 60.0. The number of rotatable bonds is 18. The fourth-order valence-electron chi connectivity index (χ4n) is 14.3. The molecule has 7 heterocycles. The van der Waals surface area contributed by atoms with Gasteiger partial charge >= 0.3 is 6.01 Å². The van der Waals surface area contributed by atoms with Gasteiger partial charge in [0.25, 0.3) is 5.91 Å². The number of pyridine rings is 1. The van der Waals surface area contributed by atoms with E-state index in [4.69, 9.17) is 49.1 Å². The summed E-state index contributed by atoms with van der Waals surface area (Å²) in [5.41, 5.74) is 3.02. The minimum absolute atomic E-state index is 0.0244. The lowest BCUT2D eigenvalue weighted by molar-refractivity contribution is -0.118. The van der Waals surface area contributed by atoms with E-state index in [1.165, 1.54) is 19.2 Å². The van der Waals surface area contributed by atoms with Gasteiger partial charge < -0.3 is 46.1 Å². The molecule has 2 aromatic heterocycles. The number of anilines is 3. The number of methoxy groups -OCH3 is 1. The summed E-state index contributed by atoms with van der Waals surface area (Å²) in [5.74, 6) is 1.03. The molecule has 4 unspecified atom stereocenters. The van der Waals surface area contributed by atoms with Crippen molar-refractivity contribution in [3.63, 3.8) is 0 Å². The Hall–Kier alpha value is -7.33. The second-order valence-corrected chi connectivity index (χ2v) is 25.8. The van der Waals surface area contributed by atoms with Crippen LogP contribution in [0.15, 0.2) is 91.1 Å². The number of amides is 2. The van der Waals surface area contributed by atoms with Crippen LogP contribution in [-0.2, 0) is 10.2 Å². The maximum absolute atomic E-state index is 17.2. The van der Waals surface area contributed by atoms with Crippen LogP contribution in [0.1, 0.15) is 112 Å². The Morgan fingerprint density at radius 2 is 1.73 bits per heavy atom. The average Bonchev–Trinajstić information content (AvgIpc) is 1.66. The number of carbonyl (C=O) groups is 2. The molecule has 7 atom stereocenters. The predicted molar refractivity (Wildman–Crippen MR) is 335 cm³/mol. The number of unbranched alkanes of at least 4 members (excludes halogenated alkanes) is 3. The summed E-state index contributed by atoms with van der Waals surface area (Å²) in [7, 11) is 1.49. The van der Waals surface area contributed by atoms with E-state index in [0.29, 0.717) is 112 Å². The molecular weight excluding hydrogens is 1130 g/mol. The maximum atomic E-state index is 17.2. The van der Waals surface area contributed by atoms with Crippen LogP contribution in [0.3, 0.4) is 0 Å². The molecule has 19 heteroatoms. The Bertz CT molecular complexity index is 3790. The smallest absolute Gasteiger partial charge is 0.319 e. The Kier molecular flexibility index (Phi) is 16.8. The number of nitrogens with one attached hydrogen (secondary N) is 5. The van der Waals surface area contributed by atoms with E-state index >= 15 is 8.78 Å². The van der Waals surface area contributed by atoms with Crippen molar-refractivity contribution in [3.05, 3.63) is 135 Å². The zero-order valence-corrected chi connectivity index (χ0v) is 50.4. The van der Waals surface area contributed by atoms with Crippen molar-refractivity contribution in [2.45, 2.75) is 120 Å². The van der Waals surface area contributed by atoms with Crippen molar-refractivity contribution in [2.24, 2.45) is 5.41 Å². The van der Waals surface area contributed by atoms with Crippen LogP contribution in [0.4, 0.5) is 26.0 Å². The van der Waals surface area contributed by atoms with E-state index in [1.54, 1.807) is 54.7 Å². The van der Waals surface area contributed by atoms with Crippen molar-refractivity contribution < 1.29 is 33.0 Å².